The number of nitrogens with zero attached hydrogens (tertiary/aromatic N) is 4. The molecule has 4 atom stereocenters. The second-order valence-electron chi connectivity index (χ2n) is 11.7. The number of methoxy groups -OCH3 is 2. The SMILES string of the molecule is COc1ccc(C(c2ccccc2)(c2ccc(OC)cc2)C(OC(=O)c2ccccc2)[C@H]2O[C@@H](n3cnc4c(N)ncnc43)[C@H](O)[C]2O)cc1. The van der Waals surface area contributed by atoms with Gasteiger partial charge in [0.2, 0.25) is 0 Å². The summed E-state index contributed by atoms with van der Waals surface area (Å²) in [5.41, 5.74) is 7.63. The molecule has 253 valence electrons. The molecule has 1 radical (unpaired) electrons. The van der Waals surface area contributed by atoms with Crippen LogP contribution in [0.2, 0.25) is 0 Å². The minimum absolute atomic E-state index is 0.141. The highest BCUT2D eigenvalue weighted by molar-refractivity contribution is 5.89. The van der Waals surface area contributed by atoms with E-state index >= 15 is 0 Å². The Morgan fingerprint density at radius 2 is 1.38 bits per heavy atom. The van der Waals surface area contributed by atoms with Gasteiger partial charge >= 0.3 is 5.97 Å². The number of nitrogens with two attached hydrogens (primary N) is 1. The molecular weight excluding hydrogens is 638 g/mol. The van der Waals surface area contributed by atoms with Gasteiger partial charge in [-0.2, -0.15) is 0 Å². The van der Waals surface area contributed by atoms with Crippen LogP contribution in [0.25, 0.3) is 11.2 Å². The second kappa shape index (κ2) is 13.6. The molecule has 0 bridgehead atoms. The molecule has 2 aromatic heterocycles. The fraction of sp³-hybridized carbons (Fsp3) is 0.184. The summed E-state index contributed by atoms with van der Waals surface area (Å²) in [7, 11) is 3.15. The molecule has 1 fully saturated rings. The number of anilines is 1. The fourth-order valence-corrected chi connectivity index (χ4v) is 6.65. The van der Waals surface area contributed by atoms with Crippen LogP contribution in [-0.4, -0.2) is 68.2 Å². The van der Waals surface area contributed by atoms with Crippen molar-refractivity contribution in [3.05, 3.63) is 150 Å². The maximum Gasteiger partial charge on any atom is 0.338 e. The van der Waals surface area contributed by atoms with E-state index in [1.165, 1.54) is 17.2 Å². The Morgan fingerprint density at radius 1 is 0.820 bits per heavy atom. The van der Waals surface area contributed by atoms with E-state index in [1.54, 1.807) is 44.6 Å². The van der Waals surface area contributed by atoms with Crippen LogP contribution in [0.5, 0.6) is 11.5 Å². The van der Waals surface area contributed by atoms with Crippen molar-refractivity contribution in [1.29, 1.82) is 0 Å². The third-order valence-corrected chi connectivity index (χ3v) is 9.08. The summed E-state index contributed by atoms with van der Waals surface area (Å²) >= 11 is 0. The molecule has 1 saturated heterocycles. The number of aromatic nitrogens is 4. The Labute approximate surface area is 287 Å². The molecule has 4 N–H and O–H groups in total. The van der Waals surface area contributed by atoms with Crippen LogP contribution in [0.3, 0.4) is 0 Å². The largest absolute Gasteiger partial charge is 0.497 e. The molecule has 12 heteroatoms. The van der Waals surface area contributed by atoms with Crippen molar-refractivity contribution < 1.29 is 34.0 Å². The van der Waals surface area contributed by atoms with Gasteiger partial charge < -0.3 is 34.9 Å². The molecule has 1 aliphatic heterocycles. The van der Waals surface area contributed by atoms with Gasteiger partial charge in [0.05, 0.1) is 31.5 Å². The second-order valence-corrected chi connectivity index (χ2v) is 11.7. The van der Waals surface area contributed by atoms with Crippen LogP contribution in [0.1, 0.15) is 33.3 Å². The number of fused-ring (bicyclic) bond motifs is 1. The van der Waals surface area contributed by atoms with Crippen LogP contribution in [0.4, 0.5) is 5.82 Å². The first kappa shape index (κ1) is 32.7. The number of esters is 1. The standard InChI is InChI=1S/C38H34N5O7/c1-47-27-17-13-25(14-18-27)38(24-11-7-4-8-12-24,26-15-19-28(48-2)20-16-26)33(50-37(46)23-9-5-3-6-10-23)32-30(44)31(45)36(49-32)43-22-42-29-34(39)40-21-41-35(29)43/h3-22,31-33,36,44-45H,1-2H3,(H2,39,40,41)/t31-,32+,33?,36-/m1/s1. The van der Waals surface area contributed by atoms with Gasteiger partial charge in [-0.15, -0.1) is 0 Å². The number of hydrogen-bond acceptors (Lipinski definition) is 11. The summed E-state index contributed by atoms with van der Waals surface area (Å²) < 4.78 is 25.6. The molecule has 0 spiro atoms. The van der Waals surface area contributed by atoms with Crippen LogP contribution in [0, 0.1) is 6.10 Å². The number of carbonyl (C=O) groups excluding carboxylic acids is 1. The molecule has 7 rings (SSSR count). The molecule has 50 heavy (non-hydrogen) atoms. The lowest BCUT2D eigenvalue weighted by atomic mass is 9.63. The highest BCUT2D eigenvalue weighted by atomic mass is 16.6. The third-order valence-electron chi connectivity index (χ3n) is 9.08. The highest BCUT2D eigenvalue weighted by Gasteiger charge is 2.58. The average molecular weight is 673 g/mol. The number of imidazole rings is 1. The lowest BCUT2D eigenvalue weighted by Gasteiger charge is -2.44. The lowest BCUT2D eigenvalue weighted by molar-refractivity contribution is -0.0945. The van der Waals surface area contributed by atoms with Crippen molar-refractivity contribution in [3.8, 4) is 11.5 Å². The zero-order chi connectivity index (χ0) is 34.8. The van der Waals surface area contributed by atoms with Crippen LogP contribution < -0.4 is 15.2 Å². The predicted molar refractivity (Wildman–Crippen MR) is 183 cm³/mol. The minimum atomic E-state index is -1.58. The van der Waals surface area contributed by atoms with Crippen molar-refractivity contribution in [2.24, 2.45) is 0 Å². The summed E-state index contributed by atoms with van der Waals surface area (Å²) in [6, 6.07) is 32.8. The zero-order valence-corrected chi connectivity index (χ0v) is 27.2. The molecule has 3 heterocycles. The number of benzene rings is 4. The quantitative estimate of drug-likeness (QED) is 0.135. The minimum Gasteiger partial charge on any atom is -0.497 e. The molecule has 0 amide bonds. The molecule has 0 saturated carbocycles. The highest BCUT2D eigenvalue weighted by Crippen LogP contribution is 2.50. The predicted octanol–water partition coefficient (Wildman–Crippen LogP) is 4.85. The van der Waals surface area contributed by atoms with Crippen molar-refractivity contribution in [3.63, 3.8) is 0 Å². The van der Waals surface area contributed by atoms with Crippen molar-refractivity contribution in [1.82, 2.24) is 19.5 Å². The van der Waals surface area contributed by atoms with Crippen molar-refractivity contribution >= 4 is 23.0 Å². The number of hydrogen-bond donors (Lipinski definition) is 3. The number of aliphatic hydroxyl groups is 2. The normalized spacial score (nSPS) is 18.5. The van der Waals surface area contributed by atoms with Gasteiger partial charge in [0.1, 0.15) is 41.7 Å². The maximum absolute atomic E-state index is 14.1. The summed E-state index contributed by atoms with van der Waals surface area (Å²) in [6.45, 7) is 0. The number of carbonyl (C=O) groups is 1. The first-order valence-corrected chi connectivity index (χ1v) is 15.8. The van der Waals surface area contributed by atoms with Gasteiger partial charge in [-0.25, -0.2) is 19.7 Å². The number of ether oxygens (including phenoxy) is 4. The summed E-state index contributed by atoms with van der Waals surface area (Å²) in [5.74, 6) is 0.695. The lowest BCUT2D eigenvalue weighted by Crippen LogP contribution is -2.52. The average Bonchev–Trinajstić information content (AvgIpc) is 3.73. The smallest absolute Gasteiger partial charge is 0.338 e. The van der Waals surface area contributed by atoms with Gasteiger partial charge in [0.15, 0.2) is 23.8 Å². The van der Waals surface area contributed by atoms with E-state index in [0.717, 1.165) is 0 Å². The molecule has 1 aliphatic rings. The summed E-state index contributed by atoms with van der Waals surface area (Å²) in [4.78, 5) is 26.8. The first-order valence-electron chi connectivity index (χ1n) is 15.8. The van der Waals surface area contributed by atoms with E-state index in [9.17, 15) is 15.0 Å². The Morgan fingerprint density at radius 3 is 1.96 bits per heavy atom. The van der Waals surface area contributed by atoms with E-state index < -0.39 is 42.0 Å². The van der Waals surface area contributed by atoms with E-state index in [0.29, 0.717) is 33.7 Å². The Kier molecular flexibility index (Phi) is 8.89. The zero-order valence-electron chi connectivity index (χ0n) is 27.2. The van der Waals surface area contributed by atoms with Gasteiger partial charge in [0, 0.05) is 0 Å². The molecule has 4 aromatic carbocycles. The van der Waals surface area contributed by atoms with Crippen LogP contribution in [0.15, 0.2) is 122 Å². The molecular formula is C38H34N5O7. The van der Waals surface area contributed by atoms with Crippen molar-refractivity contribution in [2.45, 2.75) is 30.0 Å². The Bertz CT molecular complexity index is 2030. The molecule has 12 nitrogen and oxygen atoms in total. The van der Waals surface area contributed by atoms with Crippen LogP contribution in [-0.2, 0) is 14.9 Å². The number of nitrogen functional groups attached to an aromatic ring is 1. The molecule has 1 unspecified atom stereocenters. The van der Waals surface area contributed by atoms with E-state index in [1.807, 2.05) is 78.9 Å². The summed E-state index contributed by atoms with van der Waals surface area (Å²) in [5, 5.41) is 23.5. The van der Waals surface area contributed by atoms with Gasteiger partial charge in [-0.1, -0.05) is 72.8 Å². The van der Waals surface area contributed by atoms with Gasteiger partial charge in [-0.3, -0.25) is 4.57 Å². The van der Waals surface area contributed by atoms with Gasteiger partial charge in [0.25, 0.3) is 0 Å². The van der Waals surface area contributed by atoms with E-state index in [2.05, 4.69) is 15.0 Å². The maximum atomic E-state index is 14.1. The van der Waals surface area contributed by atoms with Gasteiger partial charge in [-0.05, 0) is 53.1 Å². The topological polar surface area (TPSA) is 164 Å². The first-order chi connectivity index (χ1) is 24.4. The number of rotatable bonds is 10. The van der Waals surface area contributed by atoms with Crippen molar-refractivity contribution in [2.75, 3.05) is 20.0 Å². The monoisotopic (exact) mass is 672 g/mol. The van der Waals surface area contributed by atoms with Crippen LogP contribution >= 0.6 is 0 Å². The fourth-order valence-electron chi connectivity index (χ4n) is 6.65. The van der Waals surface area contributed by atoms with E-state index in [4.69, 9.17) is 24.7 Å². The molecule has 6 aromatic rings. The number of aliphatic hydroxyl groups excluding tert-OH is 2. The van der Waals surface area contributed by atoms with E-state index in [-0.39, 0.29) is 17.0 Å². The third kappa shape index (κ3) is 5.58. The molecule has 0 aliphatic carbocycles. The summed E-state index contributed by atoms with van der Waals surface area (Å²) in [6.07, 6.45) is -3.29. The Balaban J connectivity index is 1.48. The Hall–Kier alpha value is -5.82.